The summed E-state index contributed by atoms with van der Waals surface area (Å²) in [5, 5.41) is 3.38. The Hall–Kier alpha value is -1.90. The number of nitrogens with zero attached hydrogens (tertiary/aromatic N) is 2. The smallest absolute Gasteiger partial charge is 0.145 e. The maximum absolute atomic E-state index is 4.41. The average molecular weight is 241 g/mol. The summed E-state index contributed by atoms with van der Waals surface area (Å²) in [6, 6.07) is 6.81. The molecule has 0 radical (unpaired) electrons. The van der Waals surface area contributed by atoms with Gasteiger partial charge in [-0.15, -0.1) is 0 Å². The van der Waals surface area contributed by atoms with E-state index >= 15 is 0 Å². The van der Waals surface area contributed by atoms with E-state index in [1.165, 1.54) is 16.7 Å². The third kappa shape index (κ3) is 3.06. The Kier molecular flexibility index (Phi) is 3.60. The molecule has 0 aliphatic carbocycles. The van der Waals surface area contributed by atoms with E-state index < -0.39 is 0 Å². The highest BCUT2D eigenvalue weighted by molar-refractivity contribution is 5.38. The van der Waals surface area contributed by atoms with Gasteiger partial charge in [0.25, 0.3) is 0 Å². The zero-order valence-corrected chi connectivity index (χ0v) is 11.4. The van der Waals surface area contributed by atoms with Crippen LogP contribution in [0.2, 0.25) is 0 Å². The molecular formula is C15H19N3. The van der Waals surface area contributed by atoms with Gasteiger partial charge in [-0.25, -0.2) is 4.98 Å². The van der Waals surface area contributed by atoms with Crippen LogP contribution in [0.1, 0.15) is 35.3 Å². The van der Waals surface area contributed by atoms with Gasteiger partial charge < -0.3 is 5.32 Å². The number of nitrogens with one attached hydrogen (secondary N) is 1. The van der Waals surface area contributed by atoms with Crippen LogP contribution in [-0.2, 0) is 0 Å². The lowest BCUT2D eigenvalue weighted by molar-refractivity contribution is 0.865. The molecule has 1 heterocycles. The van der Waals surface area contributed by atoms with E-state index in [9.17, 15) is 0 Å². The van der Waals surface area contributed by atoms with E-state index in [4.69, 9.17) is 0 Å². The molecule has 0 aliphatic rings. The summed E-state index contributed by atoms with van der Waals surface area (Å²) >= 11 is 0. The second-order valence-corrected chi connectivity index (χ2v) is 4.83. The van der Waals surface area contributed by atoms with Crippen molar-refractivity contribution in [3.8, 4) is 0 Å². The molecule has 0 spiro atoms. The predicted molar refractivity (Wildman–Crippen MR) is 74.7 cm³/mol. The first-order valence-electron chi connectivity index (χ1n) is 6.18. The topological polar surface area (TPSA) is 37.8 Å². The van der Waals surface area contributed by atoms with Crippen molar-refractivity contribution in [2.24, 2.45) is 0 Å². The molecule has 0 saturated heterocycles. The third-order valence-electron chi connectivity index (χ3n) is 2.86. The second-order valence-electron chi connectivity index (χ2n) is 4.83. The highest BCUT2D eigenvalue weighted by atomic mass is 15.0. The van der Waals surface area contributed by atoms with Gasteiger partial charge >= 0.3 is 0 Å². The molecule has 3 heteroatoms. The maximum Gasteiger partial charge on any atom is 0.145 e. The zero-order chi connectivity index (χ0) is 13.1. The van der Waals surface area contributed by atoms with Crippen molar-refractivity contribution in [3.05, 3.63) is 53.0 Å². The van der Waals surface area contributed by atoms with Crippen molar-refractivity contribution in [3.63, 3.8) is 0 Å². The molecule has 94 valence electrons. The molecule has 1 aromatic carbocycles. The van der Waals surface area contributed by atoms with Crippen LogP contribution in [0.5, 0.6) is 0 Å². The lowest BCUT2D eigenvalue weighted by Gasteiger charge is -2.16. The van der Waals surface area contributed by atoms with Crippen molar-refractivity contribution < 1.29 is 0 Å². The molecule has 0 amide bonds. The largest absolute Gasteiger partial charge is 0.362 e. The molecule has 1 aromatic heterocycles. The quantitative estimate of drug-likeness (QED) is 0.892. The number of benzene rings is 1. The molecule has 1 atom stereocenters. The number of anilines is 1. The van der Waals surface area contributed by atoms with E-state index in [0.29, 0.717) is 0 Å². The van der Waals surface area contributed by atoms with Crippen LogP contribution in [0.3, 0.4) is 0 Å². The Balaban J connectivity index is 2.19. The summed E-state index contributed by atoms with van der Waals surface area (Å²) < 4.78 is 0. The molecule has 2 rings (SSSR count). The van der Waals surface area contributed by atoms with Crippen molar-refractivity contribution in [2.75, 3.05) is 5.32 Å². The zero-order valence-electron chi connectivity index (χ0n) is 11.4. The first-order chi connectivity index (χ1) is 8.54. The Morgan fingerprint density at radius 3 is 2.28 bits per heavy atom. The Labute approximate surface area is 108 Å². The predicted octanol–water partition coefficient (Wildman–Crippen LogP) is 3.57. The second kappa shape index (κ2) is 5.17. The van der Waals surface area contributed by atoms with Crippen LogP contribution in [0.4, 0.5) is 5.82 Å². The van der Waals surface area contributed by atoms with Crippen LogP contribution in [-0.4, -0.2) is 9.97 Å². The summed E-state index contributed by atoms with van der Waals surface area (Å²) in [6.07, 6.45) is 3.51. The number of rotatable bonds is 3. The lowest BCUT2D eigenvalue weighted by Crippen LogP contribution is -2.09. The van der Waals surface area contributed by atoms with Gasteiger partial charge in [-0.1, -0.05) is 29.3 Å². The first-order valence-corrected chi connectivity index (χ1v) is 6.18. The molecule has 0 aliphatic heterocycles. The Morgan fingerprint density at radius 2 is 1.67 bits per heavy atom. The number of aromatic nitrogens is 2. The minimum Gasteiger partial charge on any atom is -0.362 e. The van der Waals surface area contributed by atoms with Gasteiger partial charge in [0.05, 0.1) is 17.9 Å². The average Bonchev–Trinajstić information content (AvgIpc) is 2.27. The van der Waals surface area contributed by atoms with E-state index in [1.54, 1.807) is 12.4 Å². The molecule has 0 fully saturated rings. The summed E-state index contributed by atoms with van der Waals surface area (Å²) in [7, 11) is 0. The monoisotopic (exact) mass is 241 g/mol. The van der Waals surface area contributed by atoms with Crippen LogP contribution in [0.25, 0.3) is 0 Å². The lowest BCUT2D eigenvalue weighted by atomic mass is 10.0. The molecule has 1 N–H and O–H groups in total. The molecule has 0 saturated carbocycles. The van der Waals surface area contributed by atoms with Crippen LogP contribution >= 0.6 is 0 Å². The SMILES string of the molecule is Cc1cc(C)cc(C(C)Nc2cncc(C)n2)c1. The number of hydrogen-bond acceptors (Lipinski definition) is 3. The third-order valence-corrected chi connectivity index (χ3v) is 2.86. The Morgan fingerprint density at radius 1 is 1.00 bits per heavy atom. The minimum absolute atomic E-state index is 0.222. The summed E-state index contributed by atoms with van der Waals surface area (Å²) in [5.41, 5.74) is 4.77. The standard InChI is InChI=1S/C15H19N3/c1-10-5-11(2)7-14(6-10)13(4)18-15-9-16-8-12(3)17-15/h5-9,13H,1-4H3,(H,17,18). The highest BCUT2D eigenvalue weighted by Gasteiger charge is 2.07. The van der Waals surface area contributed by atoms with Crippen molar-refractivity contribution in [1.82, 2.24) is 9.97 Å². The summed E-state index contributed by atoms with van der Waals surface area (Å²) in [4.78, 5) is 8.55. The fraction of sp³-hybridized carbons (Fsp3) is 0.333. The maximum atomic E-state index is 4.41. The summed E-state index contributed by atoms with van der Waals surface area (Å²) in [5.74, 6) is 0.821. The Bertz CT molecular complexity index is 529. The van der Waals surface area contributed by atoms with Gasteiger partial charge in [0.1, 0.15) is 5.82 Å². The minimum atomic E-state index is 0.222. The highest BCUT2D eigenvalue weighted by Crippen LogP contribution is 2.20. The van der Waals surface area contributed by atoms with E-state index in [2.05, 4.69) is 54.3 Å². The molecule has 0 bridgehead atoms. The first kappa shape index (κ1) is 12.6. The van der Waals surface area contributed by atoms with Crippen molar-refractivity contribution >= 4 is 5.82 Å². The fourth-order valence-electron chi connectivity index (χ4n) is 2.10. The van der Waals surface area contributed by atoms with E-state index in [0.717, 1.165) is 11.5 Å². The van der Waals surface area contributed by atoms with Crippen molar-refractivity contribution in [2.45, 2.75) is 33.7 Å². The van der Waals surface area contributed by atoms with Crippen LogP contribution in [0.15, 0.2) is 30.6 Å². The molecule has 2 aromatic rings. The molecule has 18 heavy (non-hydrogen) atoms. The van der Waals surface area contributed by atoms with E-state index in [-0.39, 0.29) is 6.04 Å². The van der Waals surface area contributed by atoms with Gasteiger partial charge in [-0.3, -0.25) is 4.98 Å². The van der Waals surface area contributed by atoms with Crippen LogP contribution in [0, 0.1) is 20.8 Å². The van der Waals surface area contributed by atoms with Crippen molar-refractivity contribution in [1.29, 1.82) is 0 Å². The van der Waals surface area contributed by atoms with Gasteiger partial charge in [0.15, 0.2) is 0 Å². The van der Waals surface area contributed by atoms with Gasteiger partial charge in [-0.05, 0) is 33.3 Å². The van der Waals surface area contributed by atoms with Gasteiger partial charge in [0.2, 0.25) is 0 Å². The molecule has 1 unspecified atom stereocenters. The van der Waals surface area contributed by atoms with Crippen LogP contribution < -0.4 is 5.32 Å². The summed E-state index contributed by atoms with van der Waals surface area (Å²) in [6.45, 7) is 8.32. The number of aryl methyl sites for hydroxylation is 3. The fourth-order valence-corrected chi connectivity index (χ4v) is 2.10. The van der Waals surface area contributed by atoms with Gasteiger partial charge in [-0.2, -0.15) is 0 Å². The van der Waals surface area contributed by atoms with Gasteiger partial charge in [0, 0.05) is 6.20 Å². The normalized spacial score (nSPS) is 12.2. The molecule has 3 nitrogen and oxygen atoms in total. The molecular weight excluding hydrogens is 222 g/mol. The van der Waals surface area contributed by atoms with E-state index in [1.807, 2.05) is 6.92 Å². The number of hydrogen-bond donors (Lipinski definition) is 1.